The largest absolute Gasteiger partial charge is 0.497 e. The fourth-order valence-corrected chi connectivity index (χ4v) is 7.01. The molecule has 0 unspecified atom stereocenters. The van der Waals surface area contributed by atoms with Gasteiger partial charge < -0.3 is 9.84 Å². The molecule has 1 aromatic carbocycles. The van der Waals surface area contributed by atoms with Crippen molar-refractivity contribution in [2.45, 2.75) is 82.4 Å². The molecule has 0 spiro atoms. The lowest BCUT2D eigenvalue weighted by atomic mass is 9.49. The fourth-order valence-electron chi connectivity index (χ4n) is 7.01. The van der Waals surface area contributed by atoms with E-state index in [1.165, 1.54) is 35.2 Å². The van der Waals surface area contributed by atoms with Gasteiger partial charge in [0.15, 0.2) is 0 Å². The van der Waals surface area contributed by atoms with Gasteiger partial charge in [0.2, 0.25) is 0 Å². The molecule has 5 nitrogen and oxygen atoms in total. The minimum atomic E-state index is -0.762. The first-order valence-corrected chi connectivity index (χ1v) is 12.1. The number of fused-ring (bicyclic) bond motifs is 2. The summed E-state index contributed by atoms with van der Waals surface area (Å²) in [4.78, 5) is 2.64. The number of likely N-dealkylation sites (tertiary alicyclic amines) is 1. The SMILES string of the molecule is COc1ccc2c(c1)[C@]13CCN(CC4CC4)[C@H](C2)[C@]1(O)Cc1c(C)nn(C(C)C)c1C3. The topological polar surface area (TPSA) is 50.5 Å². The van der Waals surface area contributed by atoms with E-state index in [2.05, 4.69) is 48.6 Å². The van der Waals surface area contributed by atoms with E-state index in [9.17, 15) is 5.11 Å². The molecule has 31 heavy (non-hydrogen) atoms. The van der Waals surface area contributed by atoms with Gasteiger partial charge in [0.05, 0.1) is 18.4 Å². The molecule has 6 rings (SSSR count). The Labute approximate surface area is 185 Å². The Morgan fingerprint density at radius 1 is 1.26 bits per heavy atom. The summed E-state index contributed by atoms with van der Waals surface area (Å²) < 4.78 is 7.86. The normalized spacial score (nSPS) is 31.9. The Morgan fingerprint density at radius 3 is 2.77 bits per heavy atom. The van der Waals surface area contributed by atoms with Gasteiger partial charge in [-0.15, -0.1) is 0 Å². The molecule has 2 heterocycles. The van der Waals surface area contributed by atoms with Crippen LogP contribution >= 0.6 is 0 Å². The Morgan fingerprint density at radius 2 is 2.06 bits per heavy atom. The van der Waals surface area contributed by atoms with Gasteiger partial charge in [-0.1, -0.05) is 6.07 Å². The number of aliphatic hydroxyl groups is 1. The molecule has 3 aliphatic carbocycles. The number of hydrogen-bond acceptors (Lipinski definition) is 4. The molecular weight excluding hydrogens is 386 g/mol. The van der Waals surface area contributed by atoms with Crippen LogP contribution in [0, 0.1) is 12.8 Å². The number of methoxy groups -OCH3 is 1. The van der Waals surface area contributed by atoms with Crippen molar-refractivity contribution in [2.24, 2.45) is 5.92 Å². The lowest BCUT2D eigenvalue weighted by molar-refractivity contribution is -0.152. The van der Waals surface area contributed by atoms with Gasteiger partial charge in [0, 0.05) is 42.6 Å². The van der Waals surface area contributed by atoms with E-state index < -0.39 is 5.60 Å². The first-order valence-electron chi connectivity index (χ1n) is 12.1. The minimum Gasteiger partial charge on any atom is -0.497 e. The van der Waals surface area contributed by atoms with Crippen LogP contribution in [0.25, 0.3) is 0 Å². The second kappa shape index (κ2) is 6.58. The molecule has 166 valence electrons. The highest BCUT2D eigenvalue weighted by Crippen LogP contribution is 2.58. The molecule has 0 radical (unpaired) electrons. The average molecular weight is 422 g/mol. The van der Waals surface area contributed by atoms with Gasteiger partial charge in [-0.05, 0) is 87.7 Å². The lowest BCUT2D eigenvalue weighted by Gasteiger charge is -2.63. The van der Waals surface area contributed by atoms with Crippen LogP contribution in [0.5, 0.6) is 5.75 Å². The lowest BCUT2D eigenvalue weighted by Crippen LogP contribution is -2.74. The van der Waals surface area contributed by atoms with E-state index in [0.717, 1.165) is 49.7 Å². The number of ether oxygens (including phenoxy) is 1. The smallest absolute Gasteiger partial charge is 0.119 e. The monoisotopic (exact) mass is 421 g/mol. The maximum Gasteiger partial charge on any atom is 0.119 e. The van der Waals surface area contributed by atoms with Crippen molar-refractivity contribution in [2.75, 3.05) is 20.2 Å². The molecule has 2 fully saturated rings. The van der Waals surface area contributed by atoms with E-state index in [0.29, 0.717) is 12.5 Å². The van der Waals surface area contributed by atoms with Crippen molar-refractivity contribution in [3.63, 3.8) is 0 Å². The van der Waals surface area contributed by atoms with E-state index in [1.54, 1.807) is 7.11 Å². The summed E-state index contributed by atoms with van der Waals surface area (Å²) in [6.07, 6.45) is 6.21. The summed E-state index contributed by atoms with van der Waals surface area (Å²) >= 11 is 0. The van der Waals surface area contributed by atoms with Crippen LogP contribution in [0.1, 0.15) is 67.2 Å². The molecule has 1 saturated carbocycles. The maximum atomic E-state index is 12.7. The summed E-state index contributed by atoms with van der Waals surface area (Å²) in [5.41, 5.74) is 5.39. The van der Waals surface area contributed by atoms with Gasteiger partial charge >= 0.3 is 0 Å². The quantitative estimate of drug-likeness (QED) is 0.820. The Bertz CT molecular complexity index is 1040. The van der Waals surface area contributed by atoms with Crippen LogP contribution in [0.3, 0.4) is 0 Å². The third kappa shape index (κ3) is 2.65. The molecule has 1 aromatic heterocycles. The molecule has 2 aromatic rings. The van der Waals surface area contributed by atoms with Crippen molar-refractivity contribution in [3.8, 4) is 5.75 Å². The molecule has 0 amide bonds. The molecular formula is C26H35N3O2. The summed E-state index contributed by atoms with van der Waals surface area (Å²) in [5, 5.41) is 17.6. The van der Waals surface area contributed by atoms with Gasteiger partial charge in [-0.25, -0.2) is 0 Å². The first kappa shape index (κ1) is 19.8. The number of aryl methyl sites for hydroxylation is 1. The van der Waals surface area contributed by atoms with Crippen LogP contribution in [0.2, 0.25) is 0 Å². The van der Waals surface area contributed by atoms with E-state index in [4.69, 9.17) is 9.84 Å². The van der Waals surface area contributed by atoms with Crippen LogP contribution < -0.4 is 4.74 Å². The van der Waals surface area contributed by atoms with Crippen molar-refractivity contribution >= 4 is 0 Å². The highest BCUT2D eigenvalue weighted by Gasteiger charge is 2.65. The Balaban J connectivity index is 1.55. The zero-order chi connectivity index (χ0) is 21.5. The molecule has 1 N–H and O–H groups in total. The molecule has 4 aliphatic rings. The summed E-state index contributed by atoms with van der Waals surface area (Å²) in [6.45, 7) is 8.76. The van der Waals surface area contributed by atoms with Crippen molar-refractivity contribution < 1.29 is 9.84 Å². The van der Waals surface area contributed by atoms with Gasteiger partial charge in [-0.2, -0.15) is 5.10 Å². The summed E-state index contributed by atoms with van der Waals surface area (Å²) in [5.74, 6) is 1.73. The highest BCUT2D eigenvalue weighted by atomic mass is 16.5. The number of benzene rings is 1. The molecule has 1 saturated heterocycles. The van der Waals surface area contributed by atoms with E-state index in [-0.39, 0.29) is 11.5 Å². The second-order valence-electron chi connectivity index (χ2n) is 10.8. The van der Waals surface area contributed by atoms with Crippen molar-refractivity contribution in [3.05, 3.63) is 46.3 Å². The fraction of sp³-hybridized carbons (Fsp3) is 0.654. The van der Waals surface area contributed by atoms with Gasteiger partial charge in [-0.3, -0.25) is 9.58 Å². The zero-order valence-electron chi connectivity index (χ0n) is 19.3. The second-order valence-corrected chi connectivity index (χ2v) is 10.8. The molecule has 3 atom stereocenters. The summed E-state index contributed by atoms with van der Waals surface area (Å²) in [6, 6.07) is 7.07. The Hall–Kier alpha value is -1.85. The highest BCUT2D eigenvalue weighted by molar-refractivity contribution is 5.52. The first-order chi connectivity index (χ1) is 14.9. The van der Waals surface area contributed by atoms with E-state index in [1.807, 2.05) is 0 Å². The van der Waals surface area contributed by atoms with Gasteiger partial charge in [0.25, 0.3) is 0 Å². The molecule has 2 bridgehead atoms. The third-order valence-corrected chi connectivity index (χ3v) is 8.81. The average Bonchev–Trinajstić information content (AvgIpc) is 3.51. The zero-order valence-corrected chi connectivity index (χ0v) is 19.3. The van der Waals surface area contributed by atoms with Crippen LogP contribution in [-0.2, 0) is 24.7 Å². The third-order valence-electron chi connectivity index (χ3n) is 8.81. The Kier molecular flexibility index (Phi) is 4.21. The van der Waals surface area contributed by atoms with Crippen LogP contribution in [-0.4, -0.2) is 51.6 Å². The number of hydrogen-bond donors (Lipinski definition) is 1. The van der Waals surface area contributed by atoms with E-state index >= 15 is 0 Å². The molecule has 1 aliphatic heterocycles. The maximum absolute atomic E-state index is 12.7. The minimum absolute atomic E-state index is 0.178. The van der Waals surface area contributed by atoms with Crippen molar-refractivity contribution in [1.29, 1.82) is 0 Å². The standard InChI is InChI=1S/C26H35N3O2/c1-16(2)29-23-14-25-9-10-28(15-18-5-6-18)24(26(25,30)13-21(23)17(3)27-29)11-19-7-8-20(31-4)12-22(19)25/h7-8,12,16,18,24,30H,5-6,9-11,13-15H2,1-4H3/t24-,25-,26-/m1/s1. The molecule has 5 heteroatoms. The summed E-state index contributed by atoms with van der Waals surface area (Å²) in [7, 11) is 1.74. The number of aromatic nitrogens is 2. The van der Waals surface area contributed by atoms with Crippen LogP contribution in [0.15, 0.2) is 18.2 Å². The number of piperidine rings is 1. The number of nitrogens with zero attached hydrogens (tertiary/aromatic N) is 3. The predicted octanol–water partition coefficient (Wildman–Crippen LogP) is 3.59. The number of rotatable bonds is 4. The van der Waals surface area contributed by atoms with Crippen LogP contribution in [0.4, 0.5) is 0 Å². The van der Waals surface area contributed by atoms with Gasteiger partial charge in [0.1, 0.15) is 5.75 Å². The predicted molar refractivity (Wildman–Crippen MR) is 121 cm³/mol. The van der Waals surface area contributed by atoms with Crippen molar-refractivity contribution in [1.82, 2.24) is 14.7 Å².